The van der Waals surface area contributed by atoms with Gasteiger partial charge in [-0.1, -0.05) is 11.6 Å². The van der Waals surface area contributed by atoms with E-state index in [4.69, 9.17) is 17.4 Å². The summed E-state index contributed by atoms with van der Waals surface area (Å²) in [4.78, 5) is 2.16. The molecule has 3 N–H and O–H groups in total. The molecule has 0 unspecified atom stereocenters. The minimum Gasteiger partial charge on any atom is -0.371 e. The van der Waals surface area contributed by atoms with Crippen LogP contribution in [0.4, 0.5) is 11.4 Å². The Morgan fingerprint density at radius 2 is 1.95 bits per heavy atom. The van der Waals surface area contributed by atoms with Crippen LogP contribution < -0.4 is 16.2 Å². The van der Waals surface area contributed by atoms with Gasteiger partial charge in [-0.2, -0.15) is 0 Å². The minimum absolute atomic E-state index is 0.483. The second-order valence-corrected chi connectivity index (χ2v) is 7.79. The van der Waals surface area contributed by atoms with Crippen LogP contribution in [0.5, 0.6) is 0 Å². The maximum absolute atomic E-state index is 11.4. The lowest BCUT2D eigenvalue weighted by Crippen LogP contribution is -2.31. The van der Waals surface area contributed by atoms with Gasteiger partial charge in [0.1, 0.15) is 0 Å². The van der Waals surface area contributed by atoms with E-state index in [0.29, 0.717) is 11.6 Å². The largest absolute Gasteiger partial charge is 0.371 e. The fourth-order valence-electron chi connectivity index (χ4n) is 2.24. The van der Waals surface area contributed by atoms with Crippen molar-refractivity contribution in [2.75, 3.05) is 43.3 Å². The van der Waals surface area contributed by atoms with Crippen LogP contribution in [0.2, 0.25) is 5.02 Å². The zero-order chi connectivity index (χ0) is 16.9. The predicted octanol–water partition coefficient (Wildman–Crippen LogP) is 2.04. The first-order valence-electron chi connectivity index (χ1n) is 7.13. The number of nitrogens with zero attached hydrogens (tertiary/aromatic N) is 2. The smallest absolute Gasteiger partial charge is 0.210 e. The zero-order valence-electron chi connectivity index (χ0n) is 13.6. The van der Waals surface area contributed by atoms with Gasteiger partial charge in [0.15, 0.2) is 0 Å². The van der Waals surface area contributed by atoms with E-state index in [1.807, 2.05) is 13.0 Å². The molecular formula is C14H25ClN4O2S. The van der Waals surface area contributed by atoms with Crippen molar-refractivity contribution >= 4 is 33.0 Å². The minimum atomic E-state index is -3.13. The van der Waals surface area contributed by atoms with E-state index in [1.165, 1.54) is 10.6 Å². The van der Waals surface area contributed by atoms with Gasteiger partial charge in [0, 0.05) is 37.4 Å². The summed E-state index contributed by atoms with van der Waals surface area (Å²) >= 11 is 6.14. The lowest BCUT2D eigenvalue weighted by atomic mass is 10.1. The molecule has 1 aromatic rings. The van der Waals surface area contributed by atoms with Gasteiger partial charge in [0.05, 0.1) is 11.9 Å². The van der Waals surface area contributed by atoms with E-state index in [-0.39, 0.29) is 0 Å². The Labute approximate surface area is 138 Å². The van der Waals surface area contributed by atoms with Crippen LogP contribution >= 0.6 is 11.6 Å². The molecule has 0 spiro atoms. The Morgan fingerprint density at radius 1 is 1.32 bits per heavy atom. The topological polar surface area (TPSA) is 78.7 Å². The van der Waals surface area contributed by atoms with Crippen molar-refractivity contribution in [1.82, 2.24) is 4.31 Å². The fourth-order valence-corrected chi connectivity index (χ4v) is 2.92. The second-order valence-electron chi connectivity index (χ2n) is 5.26. The quantitative estimate of drug-likeness (QED) is 0.555. The number of nitrogens with two attached hydrogens (primary N) is 1. The normalized spacial score (nSPS) is 11.8. The molecular weight excluding hydrogens is 324 g/mol. The molecule has 0 fully saturated rings. The van der Waals surface area contributed by atoms with Gasteiger partial charge < -0.3 is 10.3 Å². The van der Waals surface area contributed by atoms with E-state index in [1.54, 1.807) is 13.1 Å². The molecule has 0 saturated carbocycles. The molecule has 1 rings (SSSR count). The average molecular weight is 349 g/mol. The first-order chi connectivity index (χ1) is 10.2. The van der Waals surface area contributed by atoms with E-state index in [9.17, 15) is 8.42 Å². The van der Waals surface area contributed by atoms with Gasteiger partial charge in [0.25, 0.3) is 0 Å². The molecule has 0 saturated heterocycles. The molecule has 0 aliphatic heterocycles. The van der Waals surface area contributed by atoms with Crippen LogP contribution in [0.25, 0.3) is 0 Å². The summed E-state index contributed by atoms with van der Waals surface area (Å²) in [6, 6.07) is 3.69. The van der Waals surface area contributed by atoms with E-state index >= 15 is 0 Å². The number of nitrogen functional groups attached to an aromatic ring is 1. The fraction of sp³-hybridized carbons (Fsp3) is 0.571. The van der Waals surface area contributed by atoms with Gasteiger partial charge in [-0.15, -0.1) is 0 Å². The maximum Gasteiger partial charge on any atom is 0.210 e. The standard InChI is InChI=1S/C14H25ClN4O2S/c1-5-19(8-6-7-18(3)22(4,20)21)14-10-12(15)9-13(17-16)11(14)2/h9-10,17H,5-8,16H2,1-4H3. The number of benzene rings is 1. The molecule has 8 heteroatoms. The Kier molecular flexibility index (Phi) is 6.93. The third-order valence-electron chi connectivity index (χ3n) is 3.69. The molecule has 0 aromatic heterocycles. The van der Waals surface area contributed by atoms with Crippen LogP contribution in [-0.4, -0.2) is 45.7 Å². The lowest BCUT2D eigenvalue weighted by molar-refractivity contribution is 0.466. The molecule has 126 valence electrons. The highest BCUT2D eigenvalue weighted by Crippen LogP contribution is 2.30. The van der Waals surface area contributed by atoms with Crippen molar-refractivity contribution in [3.8, 4) is 0 Å². The molecule has 0 heterocycles. The Bertz CT molecular complexity index is 607. The van der Waals surface area contributed by atoms with Crippen molar-refractivity contribution in [1.29, 1.82) is 0 Å². The third kappa shape index (κ3) is 5.01. The molecule has 0 amide bonds. The first-order valence-corrected chi connectivity index (χ1v) is 9.36. The Balaban J connectivity index is 2.83. The molecule has 6 nitrogen and oxygen atoms in total. The summed E-state index contributed by atoms with van der Waals surface area (Å²) < 4.78 is 24.2. The SMILES string of the molecule is CCN(CCCN(C)S(C)(=O)=O)c1cc(Cl)cc(NN)c1C. The van der Waals surface area contributed by atoms with Gasteiger partial charge >= 0.3 is 0 Å². The number of anilines is 2. The molecule has 0 aliphatic carbocycles. The van der Waals surface area contributed by atoms with Gasteiger partial charge in [0.2, 0.25) is 10.0 Å². The zero-order valence-corrected chi connectivity index (χ0v) is 15.1. The Hall–Kier alpha value is -1.02. The number of hydrogen-bond acceptors (Lipinski definition) is 5. The number of hydrogen-bond donors (Lipinski definition) is 2. The van der Waals surface area contributed by atoms with Crippen molar-refractivity contribution in [2.45, 2.75) is 20.3 Å². The number of halogens is 1. The highest BCUT2D eigenvalue weighted by Gasteiger charge is 2.14. The Morgan fingerprint density at radius 3 is 2.45 bits per heavy atom. The van der Waals surface area contributed by atoms with Gasteiger partial charge in [-0.05, 0) is 38.0 Å². The number of nitrogens with one attached hydrogen (secondary N) is 1. The van der Waals surface area contributed by atoms with Gasteiger partial charge in [-0.25, -0.2) is 12.7 Å². The molecule has 1 aromatic carbocycles. The number of rotatable bonds is 8. The summed E-state index contributed by atoms with van der Waals surface area (Å²) in [6.07, 6.45) is 1.94. The number of sulfonamides is 1. The number of hydrazine groups is 1. The van der Waals surface area contributed by atoms with Crippen LogP contribution in [0, 0.1) is 6.92 Å². The third-order valence-corrected chi connectivity index (χ3v) is 5.22. The van der Waals surface area contributed by atoms with E-state index < -0.39 is 10.0 Å². The van der Waals surface area contributed by atoms with Crippen molar-refractivity contribution in [3.05, 3.63) is 22.7 Å². The summed E-state index contributed by atoms with van der Waals surface area (Å²) in [5.41, 5.74) is 5.46. The van der Waals surface area contributed by atoms with Crippen molar-refractivity contribution in [2.24, 2.45) is 5.84 Å². The van der Waals surface area contributed by atoms with E-state index in [0.717, 1.165) is 36.4 Å². The maximum atomic E-state index is 11.4. The molecule has 0 aliphatic rings. The predicted molar refractivity (Wildman–Crippen MR) is 94.0 cm³/mol. The van der Waals surface area contributed by atoms with E-state index in [2.05, 4.69) is 17.2 Å². The summed E-state index contributed by atoms with van der Waals surface area (Å²) in [5.74, 6) is 5.52. The van der Waals surface area contributed by atoms with Crippen LogP contribution in [0.1, 0.15) is 18.9 Å². The summed E-state index contributed by atoms with van der Waals surface area (Å²) in [6.45, 7) is 6.05. The van der Waals surface area contributed by atoms with Crippen molar-refractivity contribution in [3.63, 3.8) is 0 Å². The molecule has 0 bridgehead atoms. The molecule has 22 heavy (non-hydrogen) atoms. The summed E-state index contributed by atoms with van der Waals surface area (Å²) in [7, 11) is -1.54. The van der Waals surface area contributed by atoms with Crippen LogP contribution in [0.3, 0.4) is 0 Å². The van der Waals surface area contributed by atoms with Gasteiger partial charge in [-0.3, -0.25) is 5.84 Å². The van der Waals surface area contributed by atoms with Crippen LogP contribution in [0.15, 0.2) is 12.1 Å². The molecule has 0 atom stereocenters. The van der Waals surface area contributed by atoms with Crippen molar-refractivity contribution < 1.29 is 8.42 Å². The lowest BCUT2D eigenvalue weighted by Gasteiger charge is -2.27. The second kappa shape index (κ2) is 8.01. The first kappa shape index (κ1) is 19.0. The monoisotopic (exact) mass is 348 g/mol. The van der Waals surface area contributed by atoms with Crippen LogP contribution in [-0.2, 0) is 10.0 Å². The summed E-state index contributed by atoms with van der Waals surface area (Å²) in [5, 5.41) is 0.611. The highest BCUT2D eigenvalue weighted by molar-refractivity contribution is 7.88. The molecule has 0 radical (unpaired) electrons. The average Bonchev–Trinajstić information content (AvgIpc) is 2.44. The highest BCUT2D eigenvalue weighted by atomic mass is 35.5.